The fourth-order valence-electron chi connectivity index (χ4n) is 1.59. The van der Waals surface area contributed by atoms with E-state index < -0.39 is 5.54 Å². The summed E-state index contributed by atoms with van der Waals surface area (Å²) in [6.07, 6.45) is 1.58. The Balaban J connectivity index is 2.62. The SMILES string of the molecule is CNC(C)(CCc1ccccc1)C(=O)OC. The van der Waals surface area contributed by atoms with Gasteiger partial charge < -0.3 is 10.1 Å². The molecule has 1 rings (SSSR count). The number of carbonyl (C=O) groups excluding carboxylic acids is 1. The molecule has 0 amide bonds. The van der Waals surface area contributed by atoms with Crippen molar-refractivity contribution in [2.24, 2.45) is 0 Å². The number of hydrogen-bond donors (Lipinski definition) is 1. The first kappa shape index (κ1) is 12.7. The number of carbonyl (C=O) groups is 1. The molecule has 1 unspecified atom stereocenters. The Morgan fingerprint density at radius 2 is 2.00 bits per heavy atom. The number of rotatable bonds is 5. The van der Waals surface area contributed by atoms with Crippen LogP contribution in [-0.4, -0.2) is 25.7 Å². The maximum absolute atomic E-state index is 11.6. The number of ether oxygens (including phenoxy) is 1. The van der Waals surface area contributed by atoms with Crippen LogP contribution < -0.4 is 5.32 Å². The van der Waals surface area contributed by atoms with Crippen LogP contribution in [0.2, 0.25) is 0 Å². The lowest BCUT2D eigenvalue weighted by molar-refractivity contribution is -0.147. The summed E-state index contributed by atoms with van der Waals surface area (Å²) in [5.41, 5.74) is 0.623. The minimum absolute atomic E-state index is 0.217. The minimum atomic E-state index is -0.607. The Hall–Kier alpha value is -1.35. The number of methoxy groups -OCH3 is 1. The third kappa shape index (κ3) is 3.07. The van der Waals surface area contributed by atoms with E-state index in [1.807, 2.05) is 25.1 Å². The van der Waals surface area contributed by atoms with Gasteiger partial charge in [-0.15, -0.1) is 0 Å². The monoisotopic (exact) mass is 221 g/mol. The summed E-state index contributed by atoms with van der Waals surface area (Å²) < 4.78 is 4.79. The van der Waals surface area contributed by atoms with Crippen LogP contribution in [0.4, 0.5) is 0 Å². The number of hydrogen-bond acceptors (Lipinski definition) is 3. The molecule has 3 nitrogen and oxygen atoms in total. The van der Waals surface area contributed by atoms with Crippen molar-refractivity contribution in [2.45, 2.75) is 25.3 Å². The molecule has 0 radical (unpaired) electrons. The van der Waals surface area contributed by atoms with E-state index in [9.17, 15) is 4.79 Å². The Labute approximate surface area is 96.8 Å². The molecule has 1 aromatic rings. The average molecular weight is 221 g/mol. The molecule has 16 heavy (non-hydrogen) atoms. The summed E-state index contributed by atoms with van der Waals surface area (Å²) in [6.45, 7) is 1.86. The van der Waals surface area contributed by atoms with Gasteiger partial charge in [-0.2, -0.15) is 0 Å². The molecule has 0 aliphatic heterocycles. The summed E-state index contributed by atoms with van der Waals surface area (Å²) in [7, 11) is 3.20. The highest BCUT2D eigenvalue weighted by molar-refractivity contribution is 5.80. The van der Waals surface area contributed by atoms with Gasteiger partial charge in [0.25, 0.3) is 0 Å². The number of likely N-dealkylation sites (N-methyl/N-ethyl adjacent to an activating group) is 1. The lowest BCUT2D eigenvalue weighted by Crippen LogP contribution is -2.48. The fourth-order valence-corrected chi connectivity index (χ4v) is 1.59. The first-order chi connectivity index (χ1) is 7.62. The Kier molecular flexibility index (Phi) is 4.50. The topological polar surface area (TPSA) is 38.3 Å². The summed E-state index contributed by atoms with van der Waals surface area (Å²) in [6, 6.07) is 10.1. The third-order valence-electron chi connectivity index (χ3n) is 2.94. The van der Waals surface area contributed by atoms with Crippen molar-refractivity contribution >= 4 is 5.97 Å². The third-order valence-corrected chi connectivity index (χ3v) is 2.94. The Morgan fingerprint density at radius 1 is 1.38 bits per heavy atom. The molecule has 0 saturated heterocycles. The number of esters is 1. The standard InChI is InChI=1S/C13H19NO2/c1-13(14-2,12(15)16-3)10-9-11-7-5-4-6-8-11/h4-8,14H,9-10H2,1-3H3. The molecule has 0 heterocycles. The zero-order valence-corrected chi connectivity index (χ0v) is 10.1. The van der Waals surface area contributed by atoms with E-state index in [1.165, 1.54) is 12.7 Å². The summed E-state index contributed by atoms with van der Waals surface area (Å²) in [5.74, 6) is -0.217. The lowest BCUT2D eigenvalue weighted by atomic mass is 9.93. The van der Waals surface area contributed by atoms with Gasteiger partial charge in [-0.1, -0.05) is 30.3 Å². The molecule has 1 aromatic carbocycles. The number of aryl methyl sites for hydroxylation is 1. The molecule has 0 aromatic heterocycles. The largest absolute Gasteiger partial charge is 0.468 e. The highest BCUT2D eigenvalue weighted by Crippen LogP contribution is 2.15. The van der Waals surface area contributed by atoms with Gasteiger partial charge in [-0.3, -0.25) is 4.79 Å². The van der Waals surface area contributed by atoms with Crippen LogP contribution in [0.5, 0.6) is 0 Å². The van der Waals surface area contributed by atoms with Crippen molar-refractivity contribution in [3.05, 3.63) is 35.9 Å². The average Bonchev–Trinajstić information content (AvgIpc) is 2.36. The predicted molar refractivity (Wildman–Crippen MR) is 64.2 cm³/mol. The van der Waals surface area contributed by atoms with Gasteiger partial charge in [0.15, 0.2) is 0 Å². The molecule has 0 aliphatic carbocycles. The second-order valence-corrected chi connectivity index (χ2v) is 4.06. The summed E-state index contributed by atoms with van der Waals surface area (Å²) in [5, 5.41) is 3.02. The maximum atomic E-state index is 11.6. The molecule has 0 saturated carbocycles. The van der Waals surface area contributed by atoms with Crippen molar-refractivity contribution < 1.29 is 9.53 Å². The molecule has 88 valence electrons. The highest BCUT2D eigenvalue weighted by Gasteiger charge is 2.31. The summed E-state index contributed by atoms with van der Waals surface area (Å²) in [4.78, 5) is 11.6. The van der Waals surface area contributed by atoms with Gasteiger partial charge >= 0.3 is 5.97 Å². The molecule has 0 spiro atoms. The van der Waals surface area contributed by atoms with Crippen molar-refractivity contribution in [1.82, 2.24) is 5.32 Å². The molecule has 1 N–H and O–H groups in total. The van der Waals surface area contributed by atoms with Gasteiger partial charge in [0.05, 0.1) is 7.11 Å². The zero-order valence-electron chi connectivity index (χ0n) is 10.1. The smallest absolute Gasteiger partial charge is 0.325 e. The van der Waals surface area contributed by atoms with Gasteiger partial charge in [0.2, 0.25) is 0 Å². The highest BCUT2D eigenvalue weighted by atomic mass is 16.5. The quantitative estimate of drug-likeness (QED) is 0.770. The van der Waals surface area contributed by atoms with Crippen molar-refractivity contribution in [1.29, 1.82) is 0 Å². The normalized spacial score (nSPS) is 14.2. The second-order valence-electron chi connectivity index (χ2n) is 4.06. The van der Waals surface area contributed by atoms with Crippen LogP contribution in [0.25, 0.3) is 0 Å². The van der Waals surface area contributed by atoms with E-state index in [0.717, 1.165) is 12.8 Å². The Morgan fingerprint density at radius 3 is 2.50 bits per heavy atom. The van der Waals surface area contributed by atoms with Crippen LogP contribution in [0, 0.1) is 0 Å². The lowest BCUT2D eigenvalue weighted by Gasteiger charge is -2.25. The molecule has 3 heteroatoms. The first-order valence-electron chi connectivity index (χ1n) is 5.43. The van der Waals surface area contributed by atoms with Crippen LogP contribution in [0.3, 0.4) is 0 Å². The van der Waals surface area contributed by atoms with E-state index in [2.05, 4.69) is 17.4 Å². The van der Waals surface area contributed by atoms with Gasteiger partial charge in [0, 0.05) is 0 Å². The van der Waals surface area contributed by atoms with E-state index >= 15 is 0 Å². The minimum Gasteiger partial charge on any atom is -0.468 e. The summed E-state index contributed by atoms with van der Waals surface area (Å²) >= 11 is 0. The van der Waals surface area contributed by atoms with E-state index in [4.69, 9.17) is 4.74 Å². The predicted octanol–water partition coefficient (Wildman–Crippen LogP) is 1.77. The van der Waals surface area contributed by atoms with Crippen molar-refractivity contribution in [2.75, 3.05) is 14.2 Å². The van der Waals surface area contributed by atoms with Crippen LogP contribution in [-0.2, 0) is 16.0 Å². The molecule has 1 atom stereocenters. The van der Waals surface area contributed by atoms with E-state index in [-0.39, 0.29) is 5.97 Å². The number of benzene rings is 1. The van der Waals surface area contributed by atoms with E-state index in [1.54, 1.807) is 7.05 Å². The second kappa shape index (κ2) is 5.66. The van der Waals surface area contributed by atoms with Gasteiger partial charge in [-0.05, 0) is 32.4 Å². The van der Waals surface area contributed by atoms with Crippen molar-refractivity contribution in [3.8, 4) is 0 Å². The first-order valence-corrected chi connectivity index (χ1v) is 5.43. The van der Waals surface area contributed by atoms with Crippen LogP contribution in [0.15, 0.2) is 30.3 Å². The number of nitrogens with one attached hydrogen (secondary N) is 1. The van der Waals surface area contributed by atoms with Crippen LogP contribution in [0.1, 0.15) is 18.9 Å². The molecule has 0 aliphatic rings. The molecule has 0 bridgehead atoms. The molecular weight excluding hydrogens is 202 g/mol. The van der Waals surface area contributed by atoms with Crippen molar-refractivity contribution in [3.63, 3.8) is 0 Å². The van der Waals surface area contributed by atoms with E-state index in [0.29, 0.717) is 0 Å². The fraction of sp³-hybridized carbons (Fsp3) is 0.462. The Bertz CT molecular complexity index is 337. The maximum Gasteiger partial charge on any atom is 0.325 e. The molecular formula is C13H19NO2. The van der Waals surface area contributed by atoms with Gasteiger partial charge in [0.1, 0.15) is 5.54 Å². The zero-order chi connectivity index (χ0) is 12.0. The molecule has 0 fully saturated rings. The van der Waals surface area contributed by atoms with Gasteiger partial charge in [-0.25, -0.2) is 0 Å². The van der Waals surface area contributed by atoms with Crippen LogP contribution >= 0.6 is 0 Å².